The van der Waals surface area contributed by atoms with E-state index in [9.17, 15) is 4.79 Å². The minimum Gasteiger partial charge on any atom is -0.471 e. The molecule has 0 bridgehead atoms. The van der Waals surface area contributed by atoms with Crippen LogP contribution in [-0.2, 0) is 20.7 Å². The van der Waals surface area contributed by atoms with E-state index in [0.29, 0.717) is 12.3 Å². The summed E-state index contributed by atoms with van der Waals surface area (Å²) >= 11 is 5.79. The van der Waals surface area contributed by atoms with E-state index in [-0.39, 0.29) is 5.92 Å². The predicted octanol–water partition coefficient (Wildman–Crippen LogP) is 3.04. The van der Waals surface area contributed by atoms with Crippen molar-refractivity contribution >= 4 is 23.9 Å². The van der Waals surface area contributed by atoms with Gasteiger partial charge in [0.1, 0.15) is 5.78 Å². The number of ketones is 1. The molecule has 1 aliphatic carbocycles. The van der Waals surface area contributed by atoms with Crippen LogP contribution in [0.4, 0.5) is 0 Å². The molecule has 0 saturated heterocycles. The number of hydrogen-bond donors (Lipinski definition) is 0. The zero-order chi connectivity index (χ0) is 13.4. The summed E-state index contributed by atoms with van der Waals surface area (Å²) in [5.74, 6) is 0.691. The van der Waals surface area contributed by atoms with Crippen LogP contribution >= 0.6 is 11.6 Å². The maximum atomic E-state index is 11.4. The van der Waals surface area contributed by atoms with Crippen molar-refractivity contribution in [2.45, 2.75) is 25.7 Å². The van der Waals surface area contributed by atoms with Crippen molar-refractivity contribution in [1.29, 1.82) is 0 Å². The Morgan fingerprint density at radius 3 is 2.44 bits per heavy atom. The minimum absolute atomic E-state index is 0.260. The van der Waals surface area contributed by atoms with Crippen molar-refractivity contribution in [3.8, 4) is 0 Å². The summed E-state index contributed by atoms with van der Waals surface area (Å²) in [7, 11) is 1.31. The van der Waals surface area contributed by atoms with E-state index in [1.54, 1.807) is 0 Å². The van der Waals surface area contributed by atoms with Gasteiger partial charge in [-0.2, -0.15) is 0 Å². The zero-order valence-electron chi connectivity index (χ0n) is 10.4. The van der Waals surface area contributed by atoms with E-state index in [2.05, 4.69) is 4.74 Å². The fraction of sp³-hybridized carbons (Fsp3) is 0.429. The molecule has 0 N–H and O–H groups in total. The highest BCUT2D eigenvalue weighted by molar-refractivity contribution is 6.30. The molecule has 1 atom stereocenters. The Balaban J connectivity index is 0.000000357. The molecule has 2 rings (SSSR count). The summed E-state index contributed by atoms with van der Waals surface area (Å²) < 4.78 is 3.86. The first kappa shape index (κ1) is 14.7. The fourth-order valence-electron chi connectivity index (χ4n) is 2.01. The second-order valence-electron chi connectivity index (χ2n) is 4.22. The van der Waals surface area contributed by atoms with Gasteiger partial charge in [-0.25, -0.2) is 0 Å². The third-order valence-corrected chi connectivity index (χ3v) is 3.17. The Kier molecular flexibility index (Phi) is 6.44. The van der Waals surface area contributed by atoms with E-state index in [1.807, 2.05) is 24.3 Å². The van der Waals surface area contributed by atoms with Crippen molar-refractivity contribution in [3.63, 3.8) is 0 Å². The largest absolute Gasteiger partial charge is 0.471 e. The van der Waals surface area contributed by atoms with Gasteiger partial charge in [-0.15, -0.1) is 0 Å². The molecule has 18 heavy (non-hydrogen) atoms. The summed E-state index contributed by atoms with van der Waals surface area (Å²) in [5.41, 5.74) is 1.22. The van der Waals surface area contributed by atoms with Crippen LogP contribution in [0.5, 0.6) is 0 Å². The molecule has 98 valence electrons. The number of carbonyl (C=O) groups excluding carboxylic acids is 2. The van der Waals surface area contributed by atoms with E-state index in [4.69, 9.17) is 16.4 Å². The highest BCUT2D eigenvalue weighted by atomic mass is 35.5. The van der Waals surface area contributed by atoms with Crippen molar-refractivity contribution < 1.29 is 14.3 Å². The SMILES string of the molecule is COC=O.O=C1CCCC1Cc1ccc(Cl)cc1. The molecule has 0 spiro atoms. The van der Waals surface area contributed by atoms with Crippen LogP contribution in [0.1, 0.15) is 24.8 Å². The minimum atomic E-state index is 0.260. The molecule has 4 heteroatoms. The Hall–Kier alpha value is -1.35. The smallest absolute Gasteiger partial charge is 0.292 e. The number of halogens is 1. The lowest BCUT2D eigenvalue weighted by molar-refractivity contribution is -0.126. The number of Topliss-reactive ketones (excluding diaryl/α,β-unsaturated/α-hetero) is 1. The van der Waals surface area contributed by atoms with Crippen LogP contribution in [0.3, 0.4) is 0 Å². The van der Waals surface area contributed by atoms with E-state index >= 15 is 0 Å². The molecule has 1 unspecified atom stereocenters. The van der Waals surface area contributed by atoms with E-state index in [0.717, 1.165) is 30.7 Å². The quantitative estimate of drug-likeness (QED) is 0.792. The second kappa shape index (κ2) is 7.88. The third-order valence-electron chi connectivity index (χ3n) is 2.92. The molecule has 1 aromatic carbocycles. The molecule has 0 aromatic heterocycles. The van der Waals surface area contributed by atoms with E-state index < -0.39 is 0 Å². The van der Waals surface area contributed by atoms with Crippen molar-refractivity contribution in [2.24, 2.45) is 5.92 Å². The molecule has 3 nitrogen and oxygen atoms in total. The van der Waals surface area contributed by atoms with E-state index in [1.165, 1.54) is 12.7 Å². The lowest BCUT2D eigenvalue weighted by Crippen LogP contribution is -2.09. The number of benzene rings is 1. The Labute approximate surface area is 112 Å². The molecular formula is C14H17ClO3. The number of methoxy groups -OCH3 is 1. The Morgan fingerprint density at radius 1 is 1.39 bits per heavy atom. The van der Waals surface area contributed by atoms with Gasteiger partial charge in [0.05, 0.1) is 7.11 Å². The topological polar surface area (TPSA) is 43.4 Å². The first-order chi connectivity index (χ1) is 8.67. The number of rotatable bonds is 3. The van der Waals surface area contributed by atoms with Gasteiger partial charge in [0.15, 0.2) is 0 Å². The maximum Gasteiger partial charge on any atom is 0.292 e. The van der Waals surface area contributed by atoms with Crippen LogP contribution in [0.2, 0.25) is 5.02 Å². The molecule has 1 aromatic rings. The van der Waals surface area contributed by atoms with Crippen LogP contribution in [-0.4, -0.2) is 19.4 Å². The monoisotopic (exact) mass is 268 g/mol. The summed E-state index contributed by atoms with van der Waals surface area (Å²) in [6, 6.07) is 7.79. The van der Waals surface area contributed by atoms with Crippen LogP contribution in [0, 0.1) is 5.92 Å². The van der Waals surface area contributed by atoms with Crippen LogP contribution < -0.4 is 0 Å². The molecule has 0 heterocycles. The van der Waals surface area contributed by atoms with Crippen LogP contribution in [0.15, 0.2) is 24.3 Å². The third kappa shape index (κ3) is 4.88. The fourth-order valence-corrected chi connectivity index (χ4v) is 2.13. The van der Waals surface area contributed by atoms with Gasteiger partial charge in [0, 0.05) is 17.4 Å². The van der Waals surface area contributed by atoms with Gasteiger partial charge in [-0.1, -0.05) is 23.7 Å². The van der Waals surface area contributed by atoms with Crippen LogP contribution in [0.25, 0.3) is 0 Å². The molecule has 0 aliphatic heterocycles. The highest BCUT2D eigenvalue weighted by Gasteiger charge is 2.24. The summed E-state index contributed by atoms with van der Waals surface area (Å²) in [6.45, 7) is 0.375. The van der Waals surface area contributed by atoms with Gasteiger partial charge in [-0.3, -0.25) is 9.59 Å². The zero-order valence-corrected chi connectivity index (χ0v) is 11.2. The molecule has 1 fully saturated rings. The number of ether oxygens (including phenoxy) is 1. The van der Waals surface area contributed by atoms with Gasteiger partial charge in [0.25, 0.3) is 6.47 Å². The Morgan fingerprint density at radius 2 is 2.00 bits per heavy atom. The second-order valence-corrected chi connectivity index (χ2v) is 4.65. The lowest BCUT2D eigenvalue weighted by atomic mass is 9.97. The average molecular weight is 269 g/mol. The summed E-state index contributed by atoms with van der Waals surface area (Å²) in [5, 5.41) is 0.756. The van der Waals surface area contributed by atoms with Gasteiger partial charge >= 0.3 is 0 Å². The Bertz CT molecular complexity index is 387. The normalized spacial score (nSPS) is 17.9. The molecule has 1 aliphatic rings. The lowest BCUT2D eigenvalue weighted by Gasteiger charge is -2.07. The summed E-state index contributed by atoms with van der Waals surface area (Å²) in [6.07, 6.45) is 3.78. The predicted molar refractivity (Wildman–Crippen MR) is 70.6 cm³/mol. The highest BCUT2D eigenvalue weighted by Crippen LogP contribution is 2.25. The molecule has 0 radical (unpaired) electrons. The maximum absolute atomic E-state index is 11.4. The van der Waals surface area contributed by atoms with Gasteiger partial charge in [0.2, 0.25) is 0 Å². The van der Waals surface area contributed by atoms with Gasteiger partial charge < -0.3 is 4.74 Å². The number of hydrogen-bond acceptors (Lipinski definition) is 3. The standard InChI is InChI=1S/C12H13ClO.C2H4O2/c13-11-6-4-9(5-7-11)8-10-2-1-3-12(10)14;1-4-2-3/h4-7,10H,1-3,8H2;2H,1H3. The first-order valence-corrected chi connectivity index (χ1v) is 6.28. The first-order valence-electron chi connectivity index (χ1n) is 5.91. The summed E-state index contributed by atoms with van der Waals surface area (Å²) in [4.78, 5) is 20.4. The van der Waals surface area contributed by atoms with Crippen molar-refractivity contribution in [3.05, 3.63) is 34.9 Å². The molecule has 1 saturated carbocycles. The van der Waals surface area contributed by atoms with Crippen molar-refractivity contribution in [1.82, 2.24) is 0 Å². The van der Waals surface area contributed by atoms with Crippen molar-refractivity contribution in [2.75, 3.05) is 7.11 Å². The number of carbonyl (C=O) groups is 2. The molecular weight excluding hydrogens is 252 g/mol. The van der Waals surface area contributed by atoms with Gasteiger partial charge in [-0.05, 0) is 37.0 Å². The molecule has 0 amide bonds. The average Bonchev–Trinajstić information content (AvgIpc) is 2.78.